The first-order chi connectivity index (χ1) is 35.0. The molecule has 0 bridgehead atoms. The SMILES string of the molecule is CC/C=C\C/C=C\C/C=C\C/C=C\C/C=C\CC(=O)OCC(COC(=O)CCCCCCCCCCCCCCCCCCCCCC)OC(=O)CCCCCCCCC/C=C\CCCCCCCCC. The van der Waals surface area contributed by atoms with Crippen LogP contribution in [0.15, 0.2) is 72.9 Å². The van der Waals surface area contributed by atoms with Gasteiger partial charge in [-0.05, 0) is 70.6 Å². The van der Waals surface area contributed by atoms with E-state index in [1.54, 1.807) is 6.08 Å². The highest BCUT2D eigenvalue weighted by atomic mass is 16.6. The van der Waals surface area contributed by atoms with E-state index in [0.717, 1.165) is 70.6 Å². The van der Waals surface area contributed by atoms with Crippen molar-refractivity contribution in [3.05, 3.63) is 72.9 Å². The number of allylic oxidation sites excluding steroid dienone is 11. The summed E-state index contributed by atoms with van der Waals surface area (Å²) in [7, 11) is 0. The average molecular weight is 992 g/mol. The summed E-state index contributed by atoms with van der Waals surface area (Å²) in [4.78, 5) is 38.2. The van der Waals surface area contributed by atoms with Gasteiger partial charge in [0.1, 0.15) is 13.2 Å². The van der Waals surface area contributed by atoms with Gasteiger partial charge in [-0.15, -0.1) is 0 Å². The van der Waals surface area contributed by atoms with Gasteiger partial charge < -0.3 is 14.2 Å². The number of hydrogen-bond acceptors (Lipinski definition) is 6. The summed E-state index contributed by atoms with van der Waals surface area (Å²) in [5, 5.41) is 0. The normalized spacial score (nSPS) is 12.5. The number of esters is 3. The molecule has 0 fully saturated rings. The Morgan fingerprint density at radius 2 is 0.606 bits per heavy atom. The van der Waals surface area contributed by atoms with Gasteiger partial charge in [-0.2, -0.15) is 0 Å². The lowest BCUT2D eigenvalue weighted by atomic mass is 10.0. The Morgan fingerprint density at radius 1 is 0.310 bits per heavy atom. The lowest BCUT2D eigenvalue weighted by molar-refractivity contribution is -0.166. The van der Waals surface area contributed by atoms with E-state index in [9.17, 15) is 14.4 Å². The minimum Gasteiger partial charge on any atom is -0.462 e. The molecule has 0 saturated heterocycles. The summed E-state index contributed by atoms with van der Waals surface area (Å²) in [6, 6.07) is 0. The highest BCUT2D eigenvalue weighted by molar-refractivity contribution is 5.72. The van der Waals surface area contributed by atoms with Crippen LogP contribution in [0.2, 0.25) is 0 Å². The second-order valence-electron chi connectivity index (χ2n) is 20.3. The van der Waals surface area contributed by atoms with Crippen LogP contribution in [0.1, 0.15) is 303 Å². The predicted molar refractivity (Wildman–Crippen MR) is 307 cm³/mol. The predicted octanol–water partition coefficient (Wildman–Crippen LogP) is 20.5. The van der Waals surface area contributed by atoms with Gasteiger partial charge >= 0.3 is 17.9 Å². The zero-order valence-corrected chi connectivity index (χ0v) is 47.0. The average Bonchev–Trinajstić information content (AvgIpc) is 3.37. The number of ether oxygens (including phenoxy) is 3. The number of unbranched alkanes of at least 4 members (excludes halogenated alkanes) is 33. The molecule has 0 aromatic heterocycles. The molecular weight excluding hydrogens is 877 g/mol. The monoisotopic (exact) mass is 991 g/mol. The van der Waals surface area contributed by atoms with Gasteiger partial charge in [0, 0.05) is 12.8 Å². The number of hydrogen-bond donors (Lipinski definition) is 0. The zero-order valence-electron chi connectivity index (χ0n) is 47.0. The fourth-order valence-electron chi connectivity index (χ4n) is 8.69. The van der Waals surface area contributed by atoms with Crippen LogP contribution in [0.4, 0.5) is 0 Å². The van der Waals surface area contributed by atoms with Crippen LogP contribution in [-0.4, -0.2) is 37.2 Å². The van der Waals surface area contributed by atoms with E-state index >= 15 is 0 Å². The summed E-state index contributed by atoms with van der Waals surface area (Å²) >= 11 is 0. The molecule has 0 aromatic rings. The van der Waals surface area contributed by atoms with E-state index in [-0.39, 0.29) is 31.6 Å². The van der Waals surface area contributed by atoms with Crippen molar-refractivity contribution in [2.75, 3.05) is 13.2 Å². The minimum absolute atomic E-state index is 0.104. The zero-order chi connectivity index (χ0) is 51.4. The van der Waals surface area contributed by atoms with E-state index in [1.165, 1.54) is 193 Å². The summed E-state index contributed by atoms with van der Waals surface area (Å²) < 4.78 is 16.8. The molecule has 6 nitrogen and oxygen atoms in total. The highest BCUT2D eigenvalue weighted by Crippen LogP contribution is 2.17. The van der Waals surface area contributed by atoms with Crippen LogP contribution in [0.25, 0.3) is 0 Å². The van der Waals surface area contributed by atoms with Crippen LogP contribution in [0.5, 0.6) is 0 Å². The quantitative estimate of drug-likeness (QED) is 0.0261. The maximum Gasteiger partial charge on any atom is 0.309 e. The Bertz CT molecular complexity index is 1320. The van der Waals surface area contributed by atoms with Gasteiger partial charge in [0.05, 0.1) is 6.42 Å². The molecule has 1 unspecified atom stereocenters. The van der Waals surface area contributed by atoms with Gasteiger partial charge in [-0.25, -0.2) is 0 Å². The first-order valence-electron chi connectivity index (χ1n) is 30.4. The molecule has 0 rings (SSSR count). The molecule has 1 atom stereocenters. The molecule has 0 aliphatic carbocycles. The van der Waals surface area contributed by atoms with Crippen molar-refractivity contribution in [3.63, 3.8) is 0 Å². The Labute approximate surface area is 440 Å². The lowest BCUT2D eigenvalue weighted by Crippen LogP contribution is -2.30. The van der Waals surface area contributed by atoms with Crippen molar-refractivity contribution < 1.29 is 28.6 Å². The fourth-order valence-corrected chi connectivity index (χ4v) is 8.69. The van der Waals surface area contributed by atoms with Crippen LogP contribution in [0, 0.1) is 0 Å². The molecule has 410 valence electrons. The molecule has 0 radical (unpaired) electrons. The number of rotatable bonds is 55. The maximum atomic E-state index is 12.9. The molecule has 0 heterocycles. The number of carbonyl (C=O) groups is 3. The summed E-state index contributed by atoms with van der Waals surface area (Å²) in [6.07, 6.45) is 76.4. The topological polar surface area (TPSA) is 78.9 Å². The van der Waals surface area contributed by atoms with E-state index in [0.29, 0.717) is 12.8 Å². The molecule has 0 amide bonds. The highest BCUT2D eigenvalue weighted by Gasteiger charge is 2.19. The first kappa shape index (κ1) is 67.8. The van der Waals surface area contributed by atoms with Crippen molar-refractivity contribution in [2.24, 2.45) is 0 Å². The standard InChI is InChI=1S/C65H114O6/c1-4-7-10-13-16-19-22-25-28-30-32-33-35-37-40-43-46-49-52-55-58-64(67)70-61-62(60-69-63(66)57-54-51-48-45-42-39-36-27-24-21-18-15-12-9-6-3)71-65(68)59-56-53-50-47-44-41-38-34-31-29-26-23-20-17-14-11-8-5-2/h9,12,18,21,27,29,31,36,42,45,51,54,62H,4-8,10-11,13-17,19-20,22-26,28,30,32-35,37-41,43-44,46-50,52-53,55-61H2,1-3H3/b12-9-,21-18-,31-29-,36-27-,45-42-,54-51-. The van der Waals surface area contributed by atoms with Gasteiger partial charge in [0.2, 0.25) is 0 Å². The van der Waals surface area contributed by atoms with Crippen molar-refractivity contribution >= 4 is 17.9 Å². The van der Waals surface area contributed by atoms with Crippen molar-refractivity contribution in [1.82, 2.24) is 0 Å². The summed E-state index contributed by atoms with van der Waals surface area (Å²) in [6.45, 7) is 6.47. The molecule has 0 spiro atoms. The van der Waals surface area contributed by atoms with Crippen molar-refractivity contribution in [1.29, 1.82) is 0 Å². The van der Waals surface area contributed by atoms with Crippen LogP contribution < -0.4 is 0 Å². The molecule has 0 aliphatic heterocycles. The molecule has 0 aromatic carbocycles. The summed E-state index contributed by atoms with van der Waals surface area (Å²) in [5.41, 5.74) is 0. The minimum atomic E-state index is -0.816. The van der Waals surface area contributed by atoms with Gasteiger partial charge in [0.25, 0.3) is 0 Å². The third-order valence-corrected chi connectivity index (χ3v) is 13.2. The Balaban J connectivity index is 4.42. The van der Waals surface area contributed by atoms with Gasteiger partial charge in [0.15, 0.2) is 6.10 Å². The van der Waals surface area contributed by atoms with Crippen molar-refractivity contribution in [3.8, 4) is 0 Å². The van der Waals surface area contributed by atoms with Gasteiger partial charge in [-0.1, -0.05) is 286 Å². The second-order valence-corrected chi connectivity index (χ2v) is 20.3. The van der Waals surface area contributed by atoms with E-state index < -0.39 is 12.1 Å². The molecular formula is C65H114O6. The number of carbonyl (C=O) groups excluding carboxylic acids is 3. The maximum absolute atomic E-state index is 12.9. The third-order valence-electron chi connectivity index (χ3n) is 13.2. The van der Waals surface area contributed by atoms with E-state index in [4.69, 9.17) is 14.2 Å². The molecule has 6 heteroatoms. The van der Waals surface area contributed by atoms with Crippen LogP contribution in [0.3, 0.4) is 0 Å². The Morgan fingerprint density at radius 3 is 0.972 bits per heavy atom. The second kappa shape index (κ2) is 59.4. The summed E-state index contributed by atoms with van der Waals surface area (Å²) in [5.74, 6) is -1.03. The van der Waals surface area contributed by atoms with Gasteiger partial charge in [-0.3, -0.25) is 14.4 Å². The molecule has 0 N–H and O–H groups in total. The van der Waals surface area contributed by atoms with E-state index in [1.807, 2.05) is 6.08 Å². The third kappa shape index (κ3) is 57.6. The van der Waals surface area contributed by atoms with Crippen molar-refractivity contribution in [2.45, 2.75) is 309 Å². The smallest absolute Gasteiger partial charge is 0.309 e. The molecule has 71 heavy (non-hydrogen) atoms. The largest absolute Gasteiger partial charge is 0.462 e. The molecule has 0 saturated carbocycles. The lowest BCUT2D eigenvalue weighted by Gasteiger charge is -2.18. The Hall–Kier alpha value is -3.15. The Kier molecular flexibility index (Phi) is 56.8. The fraction of sp³-hybridized carbons (Fsp3) is 0.769. The first-order valence-corrected chi connectivity index (χ1v) is 30.4. The van der Waals surface area contributed by atoms with Crippen LogP contribution >= 0.6 is 0 Å². The molecule has 0 aliphatic rings. The van der Waals surface area contributed by atoms with Crippen LogP contribution in [-0.2, 0) is 28.6 Å². The van der Waals surface area contributed by atoms with E-state index in [2.05, 4.69) is 81.5 Å².